The number of fused-ring (bicyclic) bond motifs is 1. The van der Waals surface area contributed by atoms with Gasteiger partial charge in [-0.15, -0.1) is 0 Å². The minimum atomic E-state index is -0.287. The van der Waals surface area contributed by atoms with E-state index in [2.05, 4.69) is 0 Å². The molecule has 0 saturated heterocycles. The van der Waals surface area contributed by atoms with Crippen molar-refractivity contribution >= 4 is 11.1 Å². The van der Waals surface area contributed by atoms with E-state index in [9.17, 15) is 4.79 Å². The average Bonchev–Trinajstić information content (AvgIpc) is 2.82. The summed E-state index contributed by atoms with van der Waals surface area (Å²) in [6.07, 6.45) is 7.68. The summed E-state index contributed by atoms with van der Waals surface area (Å²) in [5.41, 5.74) is 8.95. The third kappa shape index (κ3) is 2.91. The molecule has 1 atom stereocenters. The van der Waals surface area contributed by atoms with Gasteiger partial charge in [0, 0.05) is 12.6 Å². The van der Waals surface area contributed by atoms with E-state index in [0.29, 0.717) is 12.1 Å². The summed E-state index contributed by atoms with van der Waals surface area (Å²) < 4.78 is 6.97. The van der Waals surface area contributed by atoms with E-state index >= 15 is 0 Å². The first-order valence-electron chi connectivity index (χ1n) is 8.08. The Balaban J connectivity index is 1.81. The van der Waals surface area contributed by atoms with Gasteiger partial charge in [-0.2, -0.15) is 0 Å². The van der Waals surface area contributed by atoms with Gasteiger partial charge in [-0.1, -0.05) is 38.2 Å². The molecule has 2 N–H and O–H groups in total. The van der Waals surface area contributed by atoms with Crippen LogP contribution in [0.2, 0.25) is 0 Å². The summed E-state index contributed by atoms with van der Waals surface area (Å²) in [6, 6.07) is 5.97. The van der Waals surface area contributed by atoms with Gasteiger partial charge in [0.05, 0.1) is 5.52 Å². The standard InChI is InChI=1S/C17H24N2O2/c1-2-19-15-9-8-13(11-16(15)21-17(19)20)14(18)10-12-6-4-3-5-7-12/h8-9,11-12,14H,2-7,10,18H2,1H3. The zero-order valence-corrected chi connectivity index (χ0v) is 12.7. The molecule has 1 saturated carbocycles. The molecule has 0 aliphatic heterocycles. The van der Waals surface area contributed by atoms with Crippen LogP contribution in [0, 0.1) is 5.92 Å². The van der Waals surface area contributed by atoms with Gasteiger partial charge in [-0.25, -0.2) is 4.79 Å². The van der Waals surface area contributed by atoms with E-state index in [1.165, 1.54) is 32.1 Å². The smallest absolute Gasteiger partial charge is 0.408 e. The first kappa shape index (κ1) is 14.4. The van der Waals surface area contributed by atoms with Crippen molar-refractivity contribution in [1.82, 2.24) is 4.57 Å². The highest BCUT2D eigenvalue weighted by Crippen LogP contribution is 2.31. The monoisotopic (exact) mass is 288 g/mol. The van der Waals surface area contributed by atoms with Gasteiger partial charge in [-0.3, -0.25) is 4.57 Å². The van der Waals surface area contributed by atoms with Crippen LogP contribution in [0.15, 0.2) is 27.4 Å². The second kappa shape index (κ2) is 6.06. The second-order valence-corrected chi connectivity index (χ2v) is 6.19. The zero-order chi connectivity index (χ0) is 14.8. The van der Waals surface area contributed by atoms with Crippen molar-refractivity contribution in [3.8, 4) is 0 Å². The SMILES string of the molecule is CCn1c(=O)oc2cc(C(N)CC3CCCCC3)ccc21. The molecule has 0 radical (unpaired) electrons. The van der Waals surface area contributed by atoms with E-state index in [-0.39, 0.29) is 11.8 Å². The molecule has 1 aromatic carbocycles. The molecule has 2 aromatic rings. The number of benzene rings is 1. The number of aromatic nitrogens is 1. The Labute approximate surface area is 124 Å². The van der Waals surface area contributed by atoms with E-state index in [0.717, 1.165) is 23.4 Å². The lowest BCUT2D eigenvalue weighted by Crippen LogP contribution is -2.17. The van der Waals surface area contributed by atoms with Crippen LogP contribution in [-0.4, -0.2) is 4.57 Å². The molecule has 0 bridgehead atoms. The third-order valence-corrected chi connectivity index (χ3v) is 4.75. The Hall–Kier alpha value is -1.55. The summed E-state index contributed by atoms with van der Waals surface area (Å²) in [5, 5.41) is 0. The fourth-order valence-electron chi connectivity index (χ4n) is 3.53. The highest BCUT2D eigenvalue weighted by molar-refractivity contribution is 5.73. The molecule has 1 aliphatic rings. The molecule has 1 fully saturated rings. The molecule has 1 heterocycles. The molecule has 0 amide bonds. The van der Waals surface area contributed by atoms with Crippen LogP contribution in [0.3, 0.4) is 0 Å². The average molecular weight is 288 g/mol. The lowest BCUT2D eigenvalue weighted by Gasteiger charge is -2.24. The van der Waals surface area contributed by atoms with E-state index < -0.39 is 0 Å². The van der Waals surface area contributed by atoms with Gasteiger partial charge >= 0.3 is 5.76 Å². The number of rotatable bonds is 4. The van der Waals surface area contributed by atoms with Gasteiger partial charge in [-0.05, 0) is 37.0 Å². The second-order valence-electron chi connectivity index (χ2n) is 6.19. The van der Waals surface area contributed by atoms with Gasteiger partial charge in [0.2, 0.25) is 0 Å². The summed E-state index contributed by atoms with van der Waals surface area (Å²) in [7, 11) is 0. The molecule has 0 spiro atoms. The minimum Gasteiger partial charge on any atom is -0.408 e. The fraction of sp³-hybridized carbons (Fsp3) is 0.588. The summed E-state index contributed by atoms with van der Waals surface area (Å²) in [4.78, 5) is 11.7. The van der Waals surface area contributed by atoms with Crippen LogP contribution in [0.5, 0.6) is 0 Å². The number of oxazole rings is 1. The predicted molar refractivity (Wildman–Crippen MR) is 84.3 cm³/mol. The number of nitrogens with zero attached hydrogens (tertiary/aromatic N) is 1. The number of nitrogens with two attached hydrogens (primary N) is 1. The Morgan fingerprint density at radius 1 is 1.33 bits per heavy atom. The zero-order valence-electron chi connectivity index (χ0n) is 12.7. The van der Waals surface area contributed by atoms with Crippen LogP contribution < -0.4 is 11.5 Å². The largest absolute Gasteiger partial charge is 0.419 e. The predicted octanol–water partition coefficient (Wildman–Crippen LogP) is 3.58. The first-order valence-corrected chi connectivity index (χ1v) is 8.08. The van der Waals surface area contributed by atoms with Crippen LogP contribution >= 0.6 is 0 Å². The summed E-state index contributed by atoms with van der Waals surface area (Å²) >= 11 is 0. The Morgan fingerprint density at radius 3 is 2.81 bits per heavy atom. The van der Waals surface area contributed by atoms with Crippen molar-refractivity contribution in [2.24, 2.45) is 11.7 Å². The van der Waals surface area contributed by atoms with Gasteiger partial charge in [0.15, 0.2) is 5.58 Å². The molecule has 4 nitrogen and oxygen atoms in total. The number of hydrogen-bond acceptors (Lipinski definition) is 3. The minimum absolute atomic E-state index is 0.0350. The Morgan fingerprint density at radius 2 is 2.10 bits per heavy atom. The topological polar surface area (TPSA) is 61.2 Å². The van der Waals surface area contributed by atoms with Crippen LogP contribution in [0.4, 0.5) is 0 Å². The lowest BCUT2D eigenvalue weighted by atomic mass is 9.83. The van der Waals surface area contributed by atoms with Crippen molar-refractivity contribution in [2.75, 3.05) is 0 Å². The van der Waals surface area contributed by atoms with Crippen molar-refractivity contribution in [3.63, 3.8) is 0 Å². The summed E-state index contributed by atoms with van der Waals surface area (Å²) in [5.74, 6) is 0.460. The van der Waals surface area contributed by atoms with E-state index in [1.54, 1.807) is 4.57 Å². The highest BCUT2D eigenvalue weighted by Gasteiger charge is 2.18. The van der Waals surface area contributed by atoms with Gasteiger partial charge in [0.1, 0.15) is 0 Å². The molecule has 3 rings (SSSR count). The highest BCUT2D eigenvalue weighted by atomic mass is 16.4. The molecule has 21 heavy (non-hydrogen) atoms. The van der Waals surface area contributed by atoms with Gasteiger partial charge in [0.25, 0.3) is 0 Å². The molecule has 1 unspecified atom stereocenters. The summed E-state index contributed by atoms with van der Waals surface area (Å²) in [6.45, 7) is 2.57. The third-order valence-electron chi connectivity index (χ3n) is 4.75. The number of hydrogen-bond donors (Lipinski definition) is 1. The quantitative estimate of drug-likeness (QED) is 0.935. The maximum absolute atomic E-state index is 11.7. The van der Waals surface area contributed by atoms with Crippen LogP contribution in [0.25, 0.3) is 11.1 Å². The first-order chi connectivity index (χ1) is 10.2. The Kier molecular flexibility index (Phi) is 4.15. The molecular formula is C17H24N2O2. The van der Waals surface area contributed by atoms with Crippen molar-refractivity contribution in [3.05, 3.63) is 34.3 Å². The lowest BCUT2D eigenvalue weighted by molar-refractivity contribution is 0.319. The normalized spacial score (nSPS) is 18.2. The molecule has 4 heteroatoms. The van der Waals surface area contributed by atoms with Crippen molar-refractivity contribution < 1.29 is 4.42 Å². The van der Waals surface area contributed by atoms with E-state index in [1.807, 2.05) is 25.1 Å². The van der Waals surface area contributed by atoms with Gasteiger partial charge < -0.3 is 10.2 Å². The van der Waals surface area contributed by atoms with Crippen molar-refractivity contribution in [2.45, 2.75) is 58.0 Å². The van der Waals surface area contributed by atoms with Crippen molar-refractivity contribution in [1.29, 1.82) is 0 Å². The van der Waals surface area contributed by atoms with Crippen LogP contribution in [0.1, 0.15) is 57.1 Å². The maximum Gasteiger partial charge on any atom is 0.419 e. The fourth-order valence-corrected chi connectivity index (χ4v) is 3.53. The molecular weight excluding hydrogens is 264 g/mol. The Bertz CT molecular complexity index is 665. The maximum atomic E-state index is 11.7. The van der Waals surface area contributed by atoms with E-state index in [4.69, 9.17) is 10.2 Å². The number of aryl methyl sites for hydroxylation is 1. The molecule has 1 aromatic heterocycles. The van der Waals surface area contributed by atoms with Crippen LogP contribution in [-0.2, 0) is 6.54 Å². The molecule has 114 valence electrons. The molecule has 1 aliphatic carbocycles.